The first kappa shape index (κ1) is 18.3. The molecule has 126 valence electrons. The monoisotopic (exact) mass is 364 g/mol. The van der Waals surface area contributed by atoms with Gasteiger partial charge in [-0.1, -0.05) is 47.5 Å². The fraction of sp³-hybridized carbons (Fsp3) is 0.222. The second-order valence-electron chi connectivity index (χ2n) is 5.36. The van der Waals surface area contributed by atoms with E-state index in [1.165, 1.54) is 0 Å². The van der Waals surface area contributed by atoms with Crippen molar-refractivity contribution < 1.29 is 9.59 Å². The van der Waals surface area contributed by atoms with E-state index in [-0.39, 0.29) is 24.8 Å². The van der Waals surface area contributed by atoms with Crippen molar-refractivity contribution in [2.45, 2.75) is 13.0 Å². The van der Waals surface area contributed by atoms with Gasteiger partial charge in [-0.2, -0.15) is 0 Å². The Hall–Kier alpha value is -2.04. The molecular weight excluding hydrogens is 347 g/mol. The lowest BCUT2D eigenvalue weighted by Gasteiger charge is -2.18. The van der Waals surface area contributed by atoms with Gasteiger partial charge in [-0.25, -0.2) is 0 Å². The molecule has 0 heterocycles. The van der Waals surface area contributed by atoms with Crippen molar-refractivity contribution in [1.29, 1.82) is 0 Å². The molecule has 0 bridgehead atoms. The molecule has 0 radical (unpaired) electrons. The van der Waals surface area contributed by atoms with Gasteiger partial charge in [0.1, 0.15) is 0 Å². The second kappa shape index (κ2) is 8.71. The second-order valence-corrected chi connectivity index (χ2v) is 6.20. The first-order valence-corrected chi connectivity index (χ1v) is 8.24. The maximum Gasteiger partial charge on any atom is 0.251 e. The van der Waals surface area contributed by atoms with Gasteiger partial charge in [0.25, 0.3) is 5.91 Å². The summed E-state index contributed by atoms with van der Waals surface area (Å²) in [6.45, 7) is 0.673. The van der Waals surface area contributed by atoms with Crippen LogP contribution in [-0.2, 0) is 11.3 Å². The lowest BCUT2D eigenvalue weighted by molar-refractivity contribution is -0.130. The van der Waals surface area contributed by atoms with Crippen LogP contribution >= 0.6 is 23.2 Å². The number of halogens is 2. The number of nitrogens with zero attached hydrogens (tertiary/aromatic N) is 1. The topological polar surface area (TPSA) is 49.4 Å². The van der Waals surface area contributed by atoms with E-state index in [1.54, 1.807) is 54.4 Å². The number of benzene rings is 2. The predicted octanol–water partition coefficient (Wildman–Crippen LogP) is 3.77. The van der Waals surface area contributed by atoms with E-state index in [1.807, 2.05) is 6.07 Å². The molecule has 6 heteroatoms. The van der Waals surface area contributed by atoms with Crippen LogP contribution in [0.1, 0.15) is 22.3 Å². The number of hydrogen-bond acceptors (Lipinski definition) is 2. The van der Waals surface area contributed by atoms with Gasteiger partial charge in [-0.3, -0.25) is 9.59 Å². The van der Waals surface area contributed by atoms with Crippen LogP contribution in [0.15, 0.2) is 48.5 Å². The van der Waals surface area contributed by atoms with Gasteiger partial charge in [0.15, 0.2) is 0 Å². The predicted molar refractivity (Wildman–Crippen MR) is 96.3 cm³/mol. The normalized spacial score (nSPS) is 10.3. The molecule has 2 aromatic carbocycles. The molecule has 0 aliphatic rings. The highest BCUT2D eigenvalue weighted by atomic mass is 35.5. The van der Waals surface area contributed by atoms with Crippen molar-refractivity contribution in [2.24, 2.45) is 0 Å². The van der Waals surface area contributed by atoms with E-state index in [9.17, 15) is 9.59 Å². The molecule has 0 saturated heterocycles. The molecule has 24 heavy (non-hydrogen) atoms. The van der Waals surface area contributed by atoms with E-state index >= 15 is 0 Å². The molecular formula is C18H18Cl2N2O2. The first-order valence-electron chi connectivity index (χ1n) is 7.48. The van der Waals surface area contributed by atoms with Crippen molar-refractivity contribution in [3.05, 3.63) is 69.7 Å². The Kier molecular flexibility index (Phi) is 6.64. The van der Waals surface area contributed by atoms with Gasteiger partial charge >= 0.3 is 0 Å². The lowest BCUT2D eigenvalue weighted by Crippen LogP contribution is -2.31. The Balaban J connectivity index is 1.80. The summed E-state index contributed by atoms with van der Waals surface area (Å²) in [6, 6.07) is 14.1. The Labute approximate surface area is 151 Å². The Bertz CT molecular complexity index is 720. The molecule has 2 aromatic rings. The Morgan fingerprint density at radius 1 is 1.08 bits per heavy atom. The van der Waals surface area contributed by atoms with Gasteiger partial charge in [0, 0.05) is 42.2 Å². The molecule has 2 rings (SSSR count). The summed E-state index contributed by atoms with van der Waals surface area (Å²) in [7, 11) is 1.70. The highest BCUT2D eigenvalue weighted by Gasteiger charge is 2.12. The van der Waals surface area contributed by atoms with Crippen LogP contribution in [0.2, 0.25) is 10.0 Å². The largest absolute Gasteiger partial charge is 0.352 e. The molecule has 0 aromatic heterocycles. The summed E-state index contributed by atoms with van der Waals surface area (Å²) in [5.74, 6) is -0.263. The maximum absolute atomic E-state index is 12.1. The number of carbonyl (C=O) groups excluding carboxylic acids is 2. The quantitative estimate of drug-likeness (QED) is 0.847. The summed E-state index contributed by atoms with van der Waals surface area (Å²) < 4.78 is 0. The van der Waals surface area contributed by atoms with Crippen LogP contribution in [0.5, 0.6) is 0 Å². The molecule has 2 amide bonds. The summed E-state index contributed by atoms with van der Waals surface area (Å²) in [4.78, 5) is 25.6. The molecule has 0 unspecified atom stereocenters. The molecule has 0 fully saturated rings. The smallest absolute Gasteiger partial charge is 0.251 e. The minimum absolute atomic E-state index is 0.0746. The first-order chi connectivity index (χ1) is 11.5. The summed E-state index contributed by atoms with van der Waals surface area (Å²) in [6.07, 6.45) is 0.223. The van der Waals surface area contributed by atoms with E-state index in [0.29, 0.717) is 22.2 Å². The van der Waals surface area contributed by atoms with Crippen molar-refractivity contribution in [3.8, 4) is 0 Å². The van der Waals surface area contributed by atoms with Crippen LogP contribution in [0.25, 0.3) is 0 Å². The fourth-order valence-electron chi connectivity index (χ4n) is 2.16. The molecule has 0 aliphatic carbocycles. The minimum Gasteiger partial charge on any atom is -0.352 e. The third-order valence-electron chi connectivity index (χ3n) is 3.51. The third-order valence-corrected chi connectivity index (χ3v) is 4.10. The van der Waals surface area contributed by atoms with E-state index in [0.717, 1.165) is 5.56 Å². The number of amides is 2. The molecule has 0 spiro atoms. The minimum atomic E-state index is -0.188. The van der Waals surface area contributed by atoms with Crippen molar-refractivity contribution in [2.75, 3.05) is 13.6 Å². The van der Waals surface area contributed by atoms with Gasteiger partial charge in [-0.05, 0) is 29.8 Å². The van der Waals surface area contributed by atoms with Gasteiger partial charge in [0.05, 0.1) is 0 Å². The number of rotatable bonds is 6. The highest BCUT2D eigenvalue weighted by molar-refractivity contribution is 6.35. The standard InChI is InChI=1S/C18H18Cl2N2O2/c1-22(12-14-7-8-15(19)11-16(14)20)17(23)9-10-21-18(24)13-5-3-2-4-6-13/h2-8,11H,9-10,12H2,1H3,(H,21,24). The van der Waals surface area contributed by atoms with Crippen LogP contribution in [-0.4, -0.2) is 30.3 Å². The van der Waals surface area contributed by atoms with Crippen molar-refractivity contribution >= 4 is 35.0 Å². The van der Waals surface area contributed by atoms with E-state index in [4.69, 9.17) is 23.2 Å². The van der Waals surface area contributed by atoms with Gasteiger partial charge in [0.2, 0.25) is 5.91 Å². The average Bonchev–Trinajstić information content (AvgIpc) is 2.57. The highest BCUT2D eigenvalue weighted by Crippen LogP contribution is 2.22. The number of hydrogen-bond donors (Lipinski definition) is 1. The van der Waals surface area contributed by atoms with Crippen LogP contribution in [0.3, 0.4) is 0 Å². The molecule has 4 nitrogen and oxygen atoms in total. The van der Waals surface area contributed by atoms with Gasteiger partial charge in [-0.15, -0.1) is 0 Å². The van der Waals surface area contributed by atoms with Crippen molar-refractivity contribution in [1.82, 2.24) is 10.2 Å². The average molecular weight is 365 g/mol. The summed E-state index contributed by atoms with van der Waals surface area (Å²) in [5.41, 5.74) is 1.40. The van der Waals surface area contributed by atoms with Crippen LogP contribution in [0.4, 0.5) is 0 Å². The number of nitrogens with one attached hydrogen (secondary N) is 1. The van der Waals surface area contributed by atoms with Crippen molar-refractivity contribution in [3.63, 3.8) is 0 Å². The molecule has 0 aliphatic heterocycles. The zero-order chi connectivity index (χ0) is 17.5. The Morgan fingerprint density at radius 3 is 2.46 bits per heavy atom. The molecule has 0 saturated carbocycles. The fourth-order valence-corrected chi connectivity index (χ4v) is 2.63. The third kappa shape index (κ3) is 5.25. The van der Waals surface area contributed by atoms with E-state index < -0.39 is 0 Å². The lowest BCUT2D eigenvalue weighted by atomic mass is 10.2. The number of carbonyl (C=O) groups is 2. The maximum atomic E-state index is 12.1. The van der Waals surface area contributed by atoms with Crippen LogP contribution < -0.4 is 5.32 Å². The zero-order valence-electron chi connectivity index (χ0n) is 13.3. The summed E-state index contributed by atoms with van der Waals surface area (Å²) in [5, 5.41) is 3.82. The molecule has 0 atom stereocenters. The summed E-state index contributed by atoms with van der Waals surface area (Å²) >= 11 is 12.0. The SMILES string of the molecule is CN(Cc1ccc(Cl)cc1Cl)C(=O)CCNC(=O)c1ccccc1. The zero-order valence-corrected chi connectivity index (χ0v) is 14.8. The molecule has 1 N–H and O–H groups in total. The van der Waals surface area contributed by atoms with Crippen LogP contribution in [0, 0.1) is 0 Å². The Morgan fingerprint density at radius 2 is 1.79 bits per heavy atom. The van der Waals surface area contributed by atoms with Gasteiger partial charge < -0.3 is 10.2 Å². The van der Waals surface area contributed by atoms with E-state index in [2.05, 4.69) is 5.32 Å².